The van der Waals surface area contributed by atoms with E-state index >= 15 is 0 Å². The van der Waals surface area contributed by atoms with E-state index in [1.54, 1.807) is 0 Å². The molecule has 1 aliphatic rings. The third kappa shape index (κ3) is 3.63. The van der Waals surface area contributed by atoms with E-state index in [0.717, 1.165) is 25.3 Å². The summed E-state index contributed by atoms with van der Waals surface area (Å²) < 4.78 is 11.0. The first-order valence-electron chi connectivity index (χ1n) is 7.15. The molecule has 5 heteroatoms. The largest absolute Gasteiger partial charge is 0.494 e. The second-order valence-electron chi connectivity index (χ2n) is 4.70. The smallest absolute Gasteiger partial charge is 0.228 e. The minimum atomic E-state index is 0.0280. The molecule has 1 aromatic rings. The molecule has 1 aromatic carbocycles. The van der Waals surface area contributed by atoms with Crippen LogP contribution in [0.3, 0.4) is 0 Å². The molecule has 1 fully saturated rings. The lowest BCUT2D eigenvalue weighted by Crippen LogP contribution is -2.24. The number of carbonyl (C=O) groups excluding carboxylic acids is 1. The molecular weight excluding hydrogens is 256 g/mol. The summed E-state index contributed by atoms with van der Waals surface area (Å²) in [5.74, 6) is 1.47. The van der Waals surface area contributed by atoms with E-state index in [1.807, 2.05) is 32.0 Å². The van der Waals surface area contributed by atoms with Gasteiger partial charge < -0.3 is 20.1 Å². The van der Waals surface area contributed by atoms with Crippen molar-refractivity contribution < 1.29 is 14.3 Å². The fraction of sp³-hybridized carbons (Fsp3) is 0.533. The van der Waals surface area contributed by atoms with Crippen molar-refractivity contribution in [3.8, 4) is 11.5 Å². The summed E-state index contributed by atoms with van der Waals surface area (Å²) in [5, 5.41) is 6.15. The highest BCUT2D eigenvalue weighted by molar-refractivity contribution is 5.94. The molecule has 1 unspecified atom stereocenters. The molecule has 1 atom stereocenters. The van der Waals surface area contributed by atoms with Crippen molar-refractivity contribution in [2.75, 3.05) is 31.6 Å². The molecule has 0 spiro atoms. The maximum atomic E-state index is 12.2. The van der Waals surface area contributed by atoms with E-state index in [4.69, 9.17) is 9.47 Å². The van der Waals surface area contributed by atoms with Gasteiger partial charge in [-0.2, -0.15) is 0 Å². The predicted molar refractivity (Wildman–Crippen MR) is 78.4 cm³/mol. The Morgan fingerprint density at radius 3 is 2.80 bits per heavy atom. The molecule has 1 saturated heterocycles. The highest BCUT2D eigenvalue weighted by Gasteiger charge is 2.23. The van der Waals surface area contributed by atoms with E-state index in [-0.39, 0.29) is 11.8 Å². The molecule has 2 N–H and O–H groups in total. The van der Waals surface area contributed by atoms with Crippen LogP contribution >= 0.6 is 0 Å². The van der Waals surface area contributed by atoms with Crippen molar-refractivity contribution in [1.29, 1.82) is 0 Å². The van der Waals surface area contributed by atoms with E-state index in [2.05, 4.69) is 10.6 Å². The minimum absolute atomic E-state index is 0.0280. The zero-order valence-electron chi connectivity index (χ0n) is 12.1. The van der Waals surface area contributed by atoms with Crippen molar-refractivity contribution in [1.82, 2.24) is 5.32 Å². The Bertz CT molecular complexity index is 456. The Morgan fingerprint density at radius 1 is 1.35 bits per heavy atom. The first-order chi connectivity index (χ1) is 9.74. The van der Waals surface area contributed by atoms with Crippen LogP contribution in [0.4, 0.5) is 5.69 Å². The van der Waals surface area contributed by atoms with E-state index in [9.17, 15) is 4.79 Å². The lowest BCUT2D eigenvalue weighted by atomic mass is 10.1. The van der Waals surface area contributed by atoms with Gasteiger partial charge >= 0.3 is 0 Å². The van der Waals surface area contributed by atoms with Crippen LogP contribution in [-0.4, -0.2) is 32.2 Å². The number of hydrogen-bond donors (Lipinski definition) is 2. The fourth-order valence-electron chi connectivity index (χ4n) is 2.26. The molecule has 0 saturated carbocycles. The Balaban J connectivity index is 2.13. The van der Waals surface area contributed by atoms with E-state index in [0.29, 0.717) is 24.7 Å². The summed E-state index contributed by atoms with van der Waals surface area (Å²) in [6, 6.07) is 5.49. The highest BCUT2D eigenvalue weighted by Crippen LogP contribution is 2.30. The molecule has 0 radical (unpaired) electrons. The van der Waals surface area contributed by atoms with Crippen LogP contribution < -0.4 is 20.1 Å². The van der Waals surface area contributed by atoms with Crippen LogP contribution in [0.5, 0.6) is 11.5 Å². The van der Waals surface area contributed by atoms with E-state index in [1.165, 1.54) is 0 Å². The van der Waals surface area contributed by atoms with Gasteiger partial charge in [0, 0.05) is 12.6 Å². The number of hydrogen-bond acceptors (Lipinski definition) is 4. The van der Waals surface area contributed by atoms with Crippen molar-refractivity contribution in [3.63, 3.8) is 0 Å². The van der Waals surface area contributed by atoms with Gasteiger partial charge in [0.05, 0.1) is 24.8 Å². The average Bonchev–Trinajstić information content (AvgIpc) is 2.96. The summed E-state index contributed by atoms with van der Waals surface area (Å²) in [4.78, 5) is 12.2. The Kier molecular flexibility index (Phi) is 5.24. The molecule has 2 rings (SSSR count). The standard InChI is InChI=1S/C15H22N2O3/c1-3-19-12-5-6-14(20-4-2)13(9-12)17-15(18)11-7-8-16-10-11/h5-6,9,11,16H,3-4,7-8,10H2,1-2H3,(H,17,18). The maximum absolute atomic E-state index is 12.2. The van der Waals surface area contributed by atoms with Gasteiger partial charge in [-0.15, -0.1) is 0 Å². The quantitative estimate of drug-likeness (QED) is 0.836. The van der Waals surface area contributed by atoms with Gasteiger partial charge in [-0.1, -0.05) is 0 Å². The van der Waals surface area contributed by atoms with Crippen LogP contribution in [0.1, 0.15) is 20.3 Å². The summed E-state index contributed by atoms with van der Waals surface area (Å²) >= 11 is 0. The molecule has 20 heavy (non-hydrogen) atoms. The number of anilines is 1. The molecule has 110 valence electrons. The van der Waals surface area contributed by atoms with Gasteiger partial charge in [-0.3, -0.25) is 4.79 Å². The SMILES string of the molecule is CCOc1ccc(OCC)c(NC(=O)C2CCNC2)c1. The molecule has 1 heterocycles. The van der Waals surface area contributed by atoms with Gasteiger partial charge in [-0.05, 0) is 38.9 Å². The topological polar surface area (TPSA) is 59.6 Å². The van der Waals surface area contributed by atoms with Crippen molar-refractivity contribution in [2.24, 2.45) is 5.92 Å². The van der Waals surface area contributed by atoms with Gasteiger partial charge in [0.25, 0.3) is 0 Å². The predicted octanol–water partition coefficient (Wildman–Crippen LogP) is 2.03. The minimum Gasteiger partial charge on any atom is -0.494 e. The van der Waals surface area contributed by atoms with Crippen molar-refractivity contribution in [2.45, 2.75) is 20.3 Å². The number of benzene rings is 1. The first kappa shape index (κ1) is 14.7. The van der Waals surface area contributed by atoms with E-state index < -0.39 is 0 Å². The second kappa shape index (κ2) is 7.14. The maximum Gasteiger partial charge on any atom is 0.228 e. The van der Waals surface area contributed by atoms with Crippen LogP contribution in [0, 0.1) is 5.92 Å². The number of amides is 1. The zero-order valence-corrected chi connectivity index (χ0v) is 12.1. The summed E-state index contributed by atoms with van der Waals surface area (Å²) in [6.45, 7) is 6.63. The average molecular weight is 278 g/mol. The molecule has 0 aromatic heterocycles. The Hall–Kier alpha value is -1.75. The molecular formula is C15H22N2O3. The number of ether oxygens (including phenoxy) is 2. The lowest BCUT2D eigenvalue weighted by molar-refractivity contribution is -0.119. The molecule has 5 nitrogen and oxygen atoms in total. The molecule has 1 aliphatic heterocycles. The van der Waals surface area contributed by atoms with Crippen molar-refractivity contribution >= 4 is 11.6 Å². The second-order valence-corrected chi connectivity index (χ2v) is 4.70. The van der Waals surface area contributed by atoms with Gasteiger partial charge in [0.15, 0.2) is 0 Å². The molecule has 1 amide bonds. The highest BCUT2D eigenvalue weighted by atomic mass is 16.5. The normalized spacial score (nSPS) is 17.8. The molecule has 0 bridgehead atoms. The van der Waals surface area contributed by atoms with Crippen molar-refractivity contribution in [3.05, 3.63) is 18.2 Å². The summed E-state index contributed by atoms with van der Waals surface area (Å²) in [5.41, 5.74) is 0.676. The number of nitrogens with one attached hydrogen (secondary N) is 2. The first-order valence-corrected chi connectivity index (χ1v) is 7.15. The van der Waals surface area contributed by atoms with Crippen LogP contribution in [0.2, 0.25) is 0 Å². The lowest BCUT2D eigenvalue weighted by Gasteiger charge is -2.15. The van der Waals surface area contributed by atoms with Gasteiger partial charge in [-0.25, -0.2) is 0 Å². The fourth-order valence-corrected chi connectivity index (χ4v) is 2.26. The third-order valence-electron chi connectivity index (χ3n) is 3.25. The van der Waals surface area contributed by atoms with Crippen LogP contribution in [0.15, 0.2) is 18.2 Å². The van der Waals surface area contributed by atoms with Crippen LogP contribution in [-0.2, 0) is 4.79 Å². The molecule has 0 aliphatic carbocycles. The monoisotopic (exact) mass is 278 g/mol. The van der Waals surface area contributed by atoms with Gasteiger partial charge in [0.1, 0.15) is 11.5 Å². The third-order valence-corrected chi connectivity index (χ3v) is 3.25. The van der Waals surface area contributed by atoms with Gasteiger partial charge in [0.2, 0.25) is 5.91 Å². The number of carbonyl (C=O) groups is 1. The Labute approximate surface area is 119 Å². The zero-order chi connectivity index (χ0) is 14.4. The van der Waals surface area contributed by atoms with Crippen LogP contribution in [0.25, 0.3) is 0 Å². The summed E-state index contributed by atoms with van der Waals surface area (Å²) in [6.07, 6.45) is 0.876. The summed E-state index contributed by atoms with van der Waals surface area (Å²) in [7, 11) is 0. The number of rotatable bonds is 6. The Morgan fingerprint density at radius 2 is 2.15 bits per heavy atom.